The molecule has 1 aromatic rings. The second-order valence-corrected chi connectivity index (χ2v) is 3.97. The lowest BCUT2D eigenvalue weighted by Gasteiger charge is -2.13. The first-order valence-corrected chi connectivity index (χ1v) is 5.76. The standard InChI is InChI=1S/C11H19N3O/c1-2-5-12-11-13-6-7-14(11)9-10-4-3-8-15-10/h6-7,10H,2-5,8-9H2,1H3,(H,12,13). The highest BCUT2D eigenvalue weighted by Gasteiger charge is 2.16. The fourth-order valence-corrected chi connectivity index (χ4v) is 1.87. The molecular weight excluding hydrogens is 190 g/mol. The highest BCUT2D eigenvalue weighted by atomic mass is 16.5. The second-order valence-electron chi connectivity index (χ2n) is 3.97. The summed E-state index contributed by atoms with van der Waals surface area (Å²) in [5, 5.41) is 3.31. The van der Waals surface area contributed by atoms with E-state index in [2.05, 4.69) is 21.8 Å². The van der Waals surface area contributed by atoms with Crippen LogP contribution in [0.4, 0.5) is 5.95 Å². The number of hydrogen-bond acceptors (Lipinski definition) is 3. The highest BCUT2D eigenvalue weighted by molar-refractivity contribution is 5.25. The Bertz CT molecular complexity index is 292. The summed E-state index contributed by atoms with van der Waals surface area (Å²) < 4.78 is 7.75. The minimum atomic E-state index is 0.376. The highest BCUT2D eigenvalue weighted by Crippen LogP contribution is 2.16. The summed E-state index contributed by atoms with van der Waals surface area (Å²) in [6.45, 7) is 4.96. The molecule has 1 unspecified atom stereocenters. The van der Waals surface area contributed by atoms with Gasteiger partial charge in [0.25, 0.3) is 0 Å². The van der Waals surface area contributed by atoms with Crippen molar-refractivity contribution in [2.45, 2.75) is 38.8 Å². The lowest BCUT2D eigenvalue weighted by Crippen LogP contribution is -2.17. The van der Waals surface area contributed by atoms with E-state index in [4.69, 9.17) is 4.74 Å². The van der Waals surface area contributed by atoms with Gasteiger partial charge in [0.2, 0.25) is 5.95 Å². The van der Waals surface area contributed by atoms with Crippen molar-refractivity contribution in [2.75, 3.05) is 18.5 Å². The molecule has 1 aliphatic rings. The number of hydrogen-bond donors (Lipinski definition) is 1. The monoisotopic (exact) mass is 209 g/mol. The molecule has 1 aliphatic heterocycles. The summed E-state index contributed by atoms with van der Waals surface area (Å²) in [4.78, 5) is 4.29. The molecule has 1 saturated heterocycles. The first kappa shape index (κ1) is 10.5. The number of nitrogens with zero attached hydrogens (tertiary/aromatic N) is 2. The molecule has 1 aromatic heterocycles. The summed E-state index contributed by atoms with van der Waals surface area (Å²) in [5.41, 5.74) is 0. The molecule has 84 valence electrons. The number of anilines is 1. The van der Waals surface area contributed by atoms with E-state index in [9.17, 15) is 0 Å². The number of aromatic nitrogens is 2. The van der Waals surface area contributed by atoms with Crippen LogP contribution in [-0.4, -0.2) is 28.8 Å². The molecule has 1 N–H and O–H groups in total. The topological polar surface area (TPSA) is 39.1 Å². The maximum atomic E-state index is 5.61. The molecule has 0 aliphatic carbocycles. The van der Waals surface area contributed by atoms with Crippen molar-refractivity contribution in [1.29, 1.82) is 0 Å². The Labute approximate surface area is 90.6 Å². The van der Waals surface area contributed by atoms with Crippen LogP contribution < -0.4 is 5.32 Å². The van der Waals surface area contributed by atoms with Gasteiger partial charge in [0.15, 0.2) is 0 Å². The Morgan fingerprint density at radius 3 is 3.33 bits per heavy atom. The molecule has 15 heavy (non-hydrogen) atoms. The summed E-state index contributed by atoms with van der Waals surface area (Å²) in [6, 6.07) is 0. The van der Waals surface area contributed by atoms with E-state index < -0.39 is 0 Å². The van der Waals surface area contributed by atoms with Gasteiger partial charge in [0.1, 0.15) is 0 Å². The van der Waals surface area contributed by atoms with Crippen LogP contribution in [0.15, 0.2) is 12.4 Å². The number of nitrogens with one attached hydrogen (secondary N) is 1. The van der Waals surface area contributed by atoms with Gasteiger partial charge in [-0.15, -0.1) is 0 Å². The van der Waals surface area contributed by atoms with Crippen molar-refractivity contribution in [1.82, 2.24) is 9.55 Å². The third kappa shape index (κ3) is 2.72. The zero-order chi connectivity index (χ0) is 10.5. The Hall–Kier alpha value is -1.03. The summed E-state index contributed by atoms with van der Waals surface area (Å²) in [7, 11) is 0. The van der Waals surface area contributed by atoms with Crippen LogP contribution in [0.2, 0.25) is 0 Å². The van der Waals surface area contributed by atoms with Crippen LogP contribution in [0.5, 0.6) is 0 Å². The minimum absolute atomic E-state index is 0.376. The molecule has 2 rings (SSSR count). The number of imidazole rings is 1. The molecular formula is C11H19N3O. The van der Waals surface area contributed by atoms with Crippen molar-refractivity contribution >= 4 is 5.95 Å². The fraction of sp³-hybridized carbons (Fsp3) is 0.727. The number of ether oxygens (including phenoxy) is 1. The smallest absolute Gasteiger partial charge is 0.202 e. The van der Waals surface area contributed by atoms with Crippen LogP contribution >= 0.6 is 0 Å². The summed E-state index contributed by atoms with van der Waals surface area (Å²) in [6.07, 6.45) is 7.71. The largest absolute Gasteiger partial charge is 0.376 e. The van der Waals surface area contributed by atoms with Crippen LogP contribution in [0, 0.1) is 0 Å². The van der Waals surface area contributed by atoms with Crippen LogP contribution in [0.25, 0.3) is 0 Å². The van der Waals surface area contributed by atoms with E-state index in [1.165, 1.54) is 12.8 Å². The van der Waals surface area contributed by atoms with Gasteiger partial charge >= 0.3 is 0 Å². The SMILES string of the molecule is CCCNc1nccn1CC1CCCO1. The first-order chi connectivity index (χ1) is 7.40. The Morgan fingerprint density at radius 1 is 1.67 bits per heavy atom. The third-order valence-electron chi connectivity index (χ3n) is 2.67. The van der Waals surface area contributed by atoms with Crippen LogP contribution in [0.3, 0.4) is 0 Å². The quantitative estimate of drug-likeness (QED) is 0.804. The molecule has 0 aromatic carbocycles. The molecule has 0 amide bonds. The van der Waals surface area contributed by atoms with Crippen LogP contribution in [-0.2, 0) is 11.3 Å². The zero-order valence-corrected chi connectivity index (χ0v) is 9.28. The molecule has 1 fully saturated rings. The summed E-state index contributed by atoms with van der Waals surface area (Å²) >= 11 is 0. The molecule has 0 spiro atoms. The predicted octanol–water partition coefficient (Wildman–Crippen LogP) is 1.88. The van der Waals surface area contributed by atoms with Gasteiger partial charge in [0.05, 0.1) is 12.6 Å². The Balaban J connectivity index is 1.91. The van der Waals surface area contributed by atoms with E-state index in [-0.39, 0.29) is 0 Å². The van der Waals surface area contributed by atoms with E-state index in [0.29, 0.717) is 6.10 Å². The van der Waals surface area contributed by atoms with E-state index in [0.717, 1.165) is 32.1 Å². The zero-order valence-electron chi connectivity index (χ0n) is 9.28. The van der Waals surface area contributed by atoms with Crippen LogP contribution in [0.1, 0.15) is 26.2 Å². The van der Waals surface area contributed by atoms with Gasteiger partial charge in [-0.05, 0) is 19.3 Å². The van der Waals surface area contributed by atoms with Gasteiger partial charge in [-0.1, -0.05) is 6.92 Å². The normalized spacial score (nSPS) is 20.7. The van der Waals surface area contributed by atoms with E-state index >= 15 is 0 Å². The second kappa shape index (κ2) is 5.16. The van der Waals surface area contributed by atoms with Gasteiger partial charge in [-0.3, -0.25) is 0 Å². The Morgan fingerprint density at radius 2 is 2.60 bits per heavy atom. The molecule has 0 bridgehead atoms. The molecule has 0 saturated carbocycles. The summed E-state index contributed by atoms with van der Waals surface area (Å²) in [5.74, 6) is 0.965. The van der Waals surface area contributed by atoms with Crippen molar-refractivity contribution in [3.05, 3.63) is 12.4 Å². The minimum Gasteiger partial charge on any atom is -0.376 e. The molecule has 4 heteroatoms. The number of rotatable bonds is 5. The predicted molar refractivity (Wildman–Crippen MR) is 60.0 cm³/mol. The van der Waals surface area contributed by atoms with Gasteiger partial charge in [-0.2, -0.15) is 0 Å². The van der Waals surface area contributed by atoms with Crippen molar-refractivity contribution in [3.8, 4) is 0 Å². The van der Waals surface area contributed by atoms with Gasteiger partial charge in [0, 0.05) is 25.5 Å². The lowest BCUT2D eigenvalue weighted by atomic mass is 10.2. The van der Waals surface area contributed by atoms with Gasteiger partial charge < -0.3 is 14.6 Å². The van der Waals surface area contributed by atoms with E-state index in [1.54, 1.807) is 0 Å². The first-order valence-electron chi connectivity index (χ1n) is 5.76. The maximum absolute atomic E-state index is 5.61. The van der Waals surface area contributed by atoms with Crippen molar-refractivity contribution in [3.63, 3.8) is 0 Å². The molecule has 0 radical (unpaired) electrons. The van der Waals surface area contributed by atoms with Crippen molar-refractivity contribution < 1.29 is 4.74 Å². The lowest BCUT2D eigenvalue weighted by molar-refractivity contribution is 0.0974. The maximum Gasteiger partial charge on any atom is 0.202 e. The van der Waals surface area contributed by atoms with Gasteiger partial charge in [-0.25, -0.2) is 4.98 Å². The van der Waals surface area contributed by atoms with Crippen molar-refractivity contribution in [2.24, 2.45) is 0 Å². The molecule has 4 nitrogen and oxygen atoms in total. The average Bonchev–Trinajstić information content (AvgIpc) is 2.87. The Kier molecular flexibility index (Phi) is 3.61. The fourth-order valence-electron chi connectivity index (χ4n) is 1.87. The molecule has 2 heterocycles. The average molecular weight is 209 g/mol. The third-order valence-corrected chi connectivity index (χ3v) is 2.67. The molecule has 1 atom stereocenters. The van der Waals surface area contributed by atoms with E-state index in [1.807, 2.05) is 12.4 Å².